The molecular formula is C11H15F2NO4. The van der Waals surface area contributed by atoms with Crippen LogP contribution in [0.15, 0.2) is 12.7 Å². The van der Waals surface area contributed by atoms with Gasteiger partial charge >= 0.3 is 5.97 Å². The molecule has 102 valence electrons. The van der Waals surface area contributed by atoms with Crippen molar-refractivity contribution in [2.75, 3.05) is 13.2 Å². The van der Waals surface area contributed by atoms with Crippen LogP contribution in [-0.4, -0.2) is 42.2 Å². The molecular weight excluding hydrogens is 248 g/mol. The number of ether oxygens (including phenoxy) is 1. The van der Waals surface area contributed by atoms with E-state index >= 15 is 0 Å². The van der Waals surface area contributed by atoms with Crippen molar-refractivity contribution in [3.8, 4) is 0 Å². The summed E-state index contributed by atoms with van der Waals surface area (Å²) in [7, 11) is 0. The van der Waals surface area contributed by atoms with Crippen molar-refractivity contribution < 1.29 is 28.2 Å². The van der Waals surface area contributed by atoms with Gasteiger partial charge in [0.2, 0.25) is 5.91 Å². The van der Waals surface area contributed by atoms with Crippen LogP contribution < -0.4 is 5.32 Å². The fourth-order valence-electron chi connectivity index (χ4n) is 1.41. The Morgan fingerprint density at radius 3 is 2.56 bits per heavy atom. The third-order valence-corrected chi connectivity index (χ3v) is 2.88. The first kappa shape index (κ1) is 14.6. The van der Waals surface area contributed by atoms with Gasteiger partial charge in [-0.3, -0.25) is 4.79 Å². The minimum absolute atomic E-state index is 0.118. The first-order chi connectivity index (χ1) is 8.24. The van der Waals surface area contributed by atoms with Crippen molar-refractivity contribution in [1.82, 2.24) is 5.32 Å². The highest BCUT2D eigenvalue weighted by Gasteiger charge is 2.72. The maximum absolute atomic E-state index is 12.9. The second-order valence-corrected chi connectivity index (χ2v) is 4.40. The molecule has 2 N–H and O–H groups in total. The molecule has 0 heterocycles. The first-order valence-corrected chi connectivity index (χ1v) is 5.35. The van der Waals surface area contributed by atoms with Crippen LogP contribution in [0.3, 0.4) is 0 Å². The molecule has 0 aliphatic heterocycles. The number of amides is 1. The molecule has 5 nitrogen and oxygen atoms in total. The van der Waals surface area contributed by atoms with Crippen LogP contribution in [0.5, 0.6) is 0 Å². The molecule has 1 aliphatic carbocycles. The van der Waals surface area contributed by atoms with Crippen molar-refractivity contribution in [2.24, 2.45) is 5.41 Å². The van der Waals surface area contributed by atoms with E-state index in [-0.39, 0.29) is 13.2 Å². The van der Waals surface area contributed by atoms with Gasteiger partial charge in [0.05, 0.1) is 13.2 Å². The number of aliphatic carboxylic acids is 1. The van der Waals surface area contributed by atoms with Gasteiger partial charge in [-0.1, -0.05) is 6.08 Å². The van der Waals surface area contributed by atoms with Gasteiger partial charge in [0.15, 0.2) is 6.04 Å². The Kier molecular flexibility index (Phi) is 4.05. The van der Waals surface area contributed by atoms with E-state index in [4.69, 9.17) is 9.84 Å². The summed E-state index contributed by atoms with van der Waals surface area (Å²) in [5, 5.41) is 10.9. The summed E-state index contributed by atoms with van der Waals surface area (Å²) in [5.41, 5.74) is -1.81. The van der Waals surface area contributed by atoms with E-state index in [0.29, 0.717) is 0 Å². The van der Waals surface area contributed by atoms with E-state index in [1.807, 2.05) is 0 Å². The first-order valence-electron chi connectivity index (χ1n) is 5.35. The number of halogens is 2. The van der Waals surface area contributed by atoms with Gasteiger partial charge < -0.3 is 15.2 Å². The molecule has 0 spiro atoms. The summed E-state index contributed by atoms with van der Waals surface area (Å²) in [5.74, 6) is -5.37. The molecule has 1 rings (SSSR count). The van der Waals surface area contributed by atoms with Gasteiger partial charge in [0.1, 0.15) is 5.41 Å². The molecule has 0 bridgehead atoms. The normalized spacial score (nSPS) is 26.2. The largest absolute Gasteiger partial charge is 0.480 e. The van der Waals surface area contributed by atoms with Gasteiger partial charge in [0.25, 0.3) is 5.92 Å². The lowest BCUT2D eigenvalue weighted by Crippen LogP contribution is -2.47. The molecule has 1 aliphatic rings. The SMILES string of the molecule is C=CCOCC(NC(=O)C1(C)CC1(F)F)C(=O)O. The number of carbonyl (C=O) groups excluding carboxylic acids is 1. The average molecular weight is 263 g/mol. The summed E-state index contributed by atoms with van der Waals surface area (Å²) in [4.78, 5) is 22.4. The second-order valence-electron chi connectivity index (χ2n) is 4.40. The van der Waals surface area contributed by atoms with E-state index in [1.165, 1.54) is 6.08 Å². The Labute approximate surface area is 103 Å². The summed E-state index contributed by atoms with van der Waals surface area (Å²) < 4.78 is 30.8. The molecule has 0 aromatic heterocycles. The summed E-state index contributed by atoms with van der Waals surface area (Å²) in [6, 6.07) is -1.34. The molecule has 0 aromatic carbocycles. The standard InChI is InChI=1S/C11H15F2NO4/c1-3-4-18-5-7(8(15)16)14-9(17)10(2)6-11(10,12)13/h3,7H,1,4-6H2,2H3,(H,14,17)(H,15,16). The lowest BCUT2D eigenvalue weighted by atomic mass is 10.1. The molecule has 0 radical (unpaired) electrons. The molecule has 7 heteroatoms. The zero-order valence-electron chi connectivity index (χ0n) is 9.91. The van der Waals surface area contributed by atoms with Crippen LogP contribution in [-0.2, 0) is 14.3 Å². The fourth-order valence-corrected chi connectivity index (χ4v) is 1.41. The van der Waals surface area contributed by atoms with Crippen LogP contribution in [0.2, 0.25) is 0 Å². The maximum atomic E-state index is 12.9. The molecule has 1 amide bonds. The Bertz CT molecular complexity index is 372. The van der Waals surface area contributed by atoms with Crippen molar-refractivity contribution >= 4 is 11.9 Å². The second kappa shape index (κ2) is 5.01. The molecule has 1 saturated carbocycles. The smallest absolute Gasteiger partial charge is 0.328 e. The van der Waals surface area contributed by atoms with E-state index in [9.17, 15) is 18.4 Å². The summed E-state index contributed by atoms with van der Waals surface area (Å²) in [6.45, 7) is 4.30. The lowest BCUT2D eigenvalue weighted by Gasteiger charge is -2.17. The number of carbonyl (C=O) groups is 2. The van der Waals surface area contributed by atoms with Crippen LogP contribution in [0.25, 0.3) is 0 Å². The number of hydrogen-bond acceptors (Lipinski definition) is 3. The highest BCUT2D eigenvalue weighted by atomic mass is 19.3. The minimum atomic E-state index is -3.07. The predicted octanol–water partition coefficient (Wildman–Crippen LogP) is 0.804. The molecule has 2 unspecified atom stereocenters. The lowest BCUT2D eigenvalue weighted by molar-refractivity contribution is -0.145. The predicted molar refractivity (Wildman–Crippen MR) is 58.3 cm³/mol. The van der Waals surface area contributed by atoms with Gasteiger partial charge in [0, 0.05) is 6.42 Å². The molecule has 0 saturated heterocycles. The van der Waals surface area contributed by atoms with Gasteiger partial charge in [-0.05, 0) is 6.92 Å². The number of rotatable bonds is 7. The summed E-state index contributed by atoms with van der Waals surface area (Å²) >= 11 is 0. The summed E-state index contributed by atoms with van der Waals surface area (Å²) in [6.07, 6.45) is 0.850. The third kappa shape index (κ3) is 2.84. The molecule has 2 atom stereocenters. The Balaban J connectivity index is 2.54. The monoisotopic (exact) mass is 263 g/mol. The minimum Gasteiger partial charge on any atom is -0.480 e. The molecule has 18 heavy (non-hydrogen) atoms. The highest BCUT2D eigenvalue weighted by Crippen LogP contribution is 2.60. The van der Waals surface area contributed by atoms with Crippen molar-refractivity contribution in [3.63, 3.8) is 0 Å². The maximum Gasteiger partial charge on any atom is 0.328 e. The van der Waals surface area contributed by atoms with Crippen molar-refractivity contribution in [1.29, 1.82) is 0 Å². The Morgan fingerprint density at radius 1 is 1.61 bits per heavy atom. The number of carboxylic acids is 1. The molecule has 1 fully saturated rings. The Hall–Kier alpha value is -1.50. The van der Waals surface area contributed by atoms with Crippen molar-refractivity contribution in [3.05, 3.63) is 12.7 Å². The highest BCUT2D eigenvalue weighted by molar-refractivity contribution is 5.90. The van der Waals surface area contributed by atoms with Gasteiger partial charge in [-0.2, -0.15) is 0 Å². The third-order valence-electron chi connectivity index (χ3n) is 2.88. The van der Waals surface area contributed by atoms with Gasteiger partial charge in [-0.25, -0.2) is 13.6 Å². The molecule has 0 aromatic rings. The van der Waals surface area contributed by atoms with Crippen LogP contribution in [0, 0.1) is 5.41 Å². The van der Waals surface area contributed by atoms with Crippen LogP contribution in [0.4, 0.5) is 8.78 Å². The topological polar surface area (TPSA) is 75.6 Å². The van der Waals surface area contributed by atoms with Crippen molar-refractivity contribution in [2.45, 2.75) is 25.3 Å². The Morgan fingerprint density at radius 2 is 2.17 bits per heavy atom. The fraction of sp³-hybridized carbons (Fsp3) is 0.636. The van der Waals surface area contributed by atoms with E-state index in [1.54, 1.807) is 0 Å². The van der Waals surface area contributed by atoms with Crippen LogP contribution in [0.1, 0.15) is 13.3 Å². The zero-order chi connectivity index (χ0) is 14.0. The van der Waals surface area contributed by atoms with E-state index < -0.39 is 35.7 Å². The van der Waals surface area contributed by atoms with Crippen LogP contribution >= 0.6 is 0 Å². The van der Waals surface area contributed by atoms with Gasteiger partial charge in [-0.15, -0.1) is 6.58 Å². The number of carboxylic acid groups (broad SMARTS) is 1. The number of nitrogens with one attached hydrogen (secondary N) is 1. The van der Waals surface area contributed by atoms with E-state index in [2.05, 4.69) is 11.9 Å². The zero-order valence-corrected chi connectivity index (χ0v) is 9.91. The number of hydrogen-bond donors (Lipinski definition) is 2. The quantitative estimate of drug-likeness (QED) is 0.526. The number of alkyl halides is 2. The van der Waals surface area contributed by atoms with E-state index in [0.717, 1.165) is 6.92 Å². The average Bonchev–Trinajstić information content (AvgIpc) is 2.78.